The average Bonchev–Trinajstić information content (AvgIpc) is 3.14. The van der Waals surface area contributed by atoms with Gasteiger partial charge in [-0.15, -0.1) is 0 Å². The van der Waals surface area contributed by atoms with Gasteiger partial charge in [-0.3, -0.25) is 4.98 Å². The third-order valence-corrected chi connectivity index (χ3v) is 5.52. The molecule has 0 bridgehead atoms. The number of nitrogens with one attached hydrogen (secondary N) is 1. The fraction of sp³-hybridized carbons (Fsp3) is 0.111. The van der Waals surface area contributed by atoms with Gasteiger partial charge in [0.25, 0.3) is 0 Å². The van der Waals surface area contributed by atoms with Crippen molar-refractivity contribution in [1.29, 1.82) is 0 Å². The van der Waals surface area contributed by atoms with Gasteiger partial charge in [0.1, 0.15) is 6.61 Å². The zero-order valence-electron chi connectivity index (χ0n) is 16.8. The van der Waals surface area contributed by atoms with Gasteiger partial charge >= 0.3 is 6.09 Å². The van der Waals surface area contributed by atoms with Gasteiger partial charge < -0.3 is 10.1 Å². The van der Waals surface area contributed by atoms with Crippen LogP contribution in [0.4, 0.5) is 4.79 Å². The molecule has 0 fully saturated rings. The summed E-state index contributed by atoms with van der Waals surface area (Å²) in [5, 5.41) is 3.76. The van der Waals surface area contributed by atoms with Crippen molar-refractivity contribution in [2.45, 2.75) is 5.92 Å². The van der Waals surface area contributed by atoms with Gasteiger partial charge in [0.2, 0.25) is 0 Å². The third-order valence-electron chi connectivity index (χ3n) is 5.52. The van der Waals surface area contributed by atoms with Gasteiger partial charge in [0.15, 0.2) is 0 Å². The van der Waals surface area contributed by atoms with Crippen molar-refractivity contribution >= 4 is 17.0 Å². The molecule has 0 spiro atoms. The van der Waals surface area contributed by atoms with Crippen molar-refractivity contribution in [2.75, 3.05) is 13.2 Å². The van der Waals surface area contributed by atoms with Crippen LogP contribution < -0.4 is 5.32 Å². The second-order valence-electron chi connectivity index (χ2n) is 7.36. The van der Waals surface area contributed by atoms with Crippen LogP contribution in [-0.4, -0.2) is 24.2 Å². The van der Waals surface area contributed by atoms with E-state index in [1.165, 1.54) is 22.3 Å². The molecule has 1 amide bonds. The molecule has 1 aromatic heterocycles. The van der Waals surface area contributed by atoms with Gasteiger partial charge in [-0.05, 0) is 34.4 Å². The number of nitrogens with zero attached hydrogens (tertiary/aromatic N) is 1. The van der Waals surface area contributed by atoms with Crippen LogP contribution in [0.25, 0.3) is 22.0 Å². The number of alkyl carbamates (subject to hydrolysis) is 1. The van der Waals surface area contributed by atoms with Crippen LogP contribution >= 0.6 is 0 Å². The number of para-hydroxylation sites is 1. The van der Waals surface area contributed by atoms with E-state index in [1.807, 2.05) is 54.6 Å². The number of aromatic nitrogens is 1. The van der Waals surface area contributed by atoms with E-state index in [0.717, 1.165) is 16.5 Å². The maximum absolute atomic E-state index is 12.2. The number of hydrogen-bond donors (Lipinski definition) is 1. The van der Waals surface area contributed by atoms with Gasteiger partial charge in [0.05, 0.1) is 17.6 Å². The molecule has 4 nitrogen and oxygen atoms in total. The van der Waals surface area contributed by atoms with Crippen molar-refractivity contribution in [3.63, 3.8) is 0 Å². The molecule has 0 aliphatic heterocycles. The predicted octanol–water partition coefficient (Wildman–Crippen LogP) is 5.13. The Kier molecular flexibility index (Phi) is 5.08. The van der Waals surface area contributed by atoms with Crippen molar-refractivity contribution in [2.24, 2.45) is 0 Å². The van der Waals surface area contributed by atoms with Crippen molar-refractivity contribution in [1.82, 2.24) is 10.3 Å². The van der Waals surface area contributed by atoms with Gasteiger partial charge in [0, 0.05) is 17.5 Å². The number of carbonyl (C=O) groups is 1. The number of amides is 1. The first-order chi connectivity index (χ1) is 15.3. The van der Waals surface area contributed by atoms with Crippen LogP contribution in [0.5, 0.6) is 0 Å². The molecular weight excluding hydrogens is 384 g/mol. The topological polar surface area (TPSA) is 51.2 Å². The summed E-state index contributed by atoms with van der Waals surface area (Å²) in [7, 11) is 0. The predicted molar refractivity (Wildman–Crippen MR) is 122 cm³/mol. The Labute approximate surface area is 180 Å². The monoisotopic (exact) mass is 404 g/mol. The van der Waals surface area contributed by atoms with Gasteiger partial charge in [-0.25, -0.2) is 4.79 Å². The number of ether oxygens (including phenoxy) is 1. The first kappa shape index (κ1) is 18.9. The average molecular weight is 404 g/mol. The van der Waals surface area contributed by atoms with Gasteiger partial charge in [-0.2, -0.15) is 0 Å². The Bertz CT molecular complexity index is 1280. The fourth-order valence-corrected chi connectivity index (χ4v) is 4.11. The van der Waals surface area contributed by atoms with Crippen LogP contribution in [-0.2, 0) is 4.74 Å². The molecule has 0 radical (unpaired) electrons. The quantitative estimate of drug-likeness (QED) is 0.482. The highest BCUT2D eigenvalue weighted by molar-refractivity contribution is 5.84. The highest BCUT2D eigenvalue weighted by Crippen LogP contribution is 2.44. The van der Waals surface area contributed by atoms with E-state index in [0.29, 0.717) is 6.61 Å². The molecule has 1 heterocycles. The minimum atomic E-state index is -0.466. The Morgan fingerprint density at radius 2 is 1.61 bits per heavy atom. The third kappa shape index (κ3) is 3.74. The van der Waals surface area contributed by atoms with E-state index in [2.05, 4.69) is 46.4 Å². The molecule has 1 N–H and O–H groups in total. The smallest absolute Gasteiger partial charge is 0.407 e. The molecule has 0 atom stereocenters. The van der Waals surface area contributed by atoms with E-state index < -0.39 is 6.09 Å². The van der Waals surface area contributed by atoms with E-state index in [4.69, 9.17) is 4.74 Å². The van der Waals surface area contributed by atoms with Crippen LogP contribution in [0.15, 0.2) is 85.1 Å². The Balaban J connectivity index is 1.21. The Morgan fingerprint density at radius 3 is 2.39 bits per heavy atom. The molecule has 31 heavy (non-hydrogen) atoms. The number of pyridine rings is 1. The zero-order chi connectivity index (χ0) is 21.0. The second-order valence-corrected chi connectivity index (χ2v) is 7.36. The highest BCUT2D eigenvalue weighted by Gasteiger charge is 2.28. The first-order valence-corrected chi connectivity index (χ1v) is 10.2. The molecule has 1 aliphatic carbocycles. The first-order valence-electron chi connectivity index (χ1n) is 10.2. The minimum absolute atomic E-state index is 0.0472. The van der Waals surface area contributed by atoms with Crippen molar-refractivity contribution in [3.05, 3.63) is 102 Å². The molecule has 0 unspecified atom stereocenters. The largest absolute Gasteiger partial charge is 0.449 e. The standard InChI is InChI=1S/C27H20N2O2/c30-27(29-17-7-11-20-9-5-8-19-10-6-16-28-26(19)20)31-18-25-23-14-3-1-12-21(23)22-13-2-4-15-24(22)25/h1-6,8-10,12-16,25H,17-18H2,(H,29,30). The fourth-order valence-electron chi connectivity index (χ4n) is 4.11. The SMILES string of the molecule is O=C(NCC#Cc1cccc2cccnc12)OCC1c2ccccc2-c2ccccc21. The lowest BCUT2D eigenvalue weighted by Gasteiger charge is -2.14. The van der Waals surface area contributed by atoms with Crippen LogP contribution in [0, 0.1) is 11.8 Å². The minimum Gasteiger partial charge on any atom is -0.449 e. The van der Waals surface area contributed by atoms with Gasteiger partial charge in [-0.1, -0.05) is 78.6 Å². The van der Waals surface area contributed by atoms with Crippen LogP contribution in [0.3, 0.4) is 0 Å². The summed E-state index contributed by atoms with van der Waals surface area (Å²) in [6.07, 6.45) is 1.29. The number of hydrogen-bond acceptors (Lipinski definition) is 3. The zero-order valence-corrected chi connectivity index (χ0v) is 16.8. The van der Waals surface area contributed by atoms with Crippen molar-refractivity contribution in [3.8, 4) is 23.0 Å². The summed E-state index contributed by atoms with van der Waals surface area (Å²) in [5.41, 5.74) is 6.51. The Morgan fingerprint density at radius 1 is 0.903 bits per heavy atom. The second kappa shape index (κ2) is 8.33. The maximum Gasteiger partial charge on any atom is 0.407 e. The summed E-state index contributed by atoms with van der Waals surface area (Å²) >= 11 is 0. The lowest BCUT2D eigenvalue weighted by atomic mass is 9.98. The number of rotatable bonds is 3. The Hall–Kier alpha value is -4.10. The number of fused-ring (bicyclic) bond motifs is 4. The summed E-state index contributed by atoms with van der Waals surface area (Å²) < 4.78 is 5.53. The number of benzene rings is 3. The molecule has 3 aromatic carbocycles. The number of carbonyl (C=O) groups excluding carboxylic acids is 1. The maximum atomic E-state index is 12.2. The van der Waals surface area contributed by atoms with E-state index in [-0.39, 0.29) is 12.5 Å². The summed E-state index contributed by atoms with van der Waals surface area (Å²) in [6, 6.07) is 26.3. The normalized spacial score (nSPS) is 11.9. The van der Waals surface area contributed by atoms with Crippen LogP contribution in [0.1, 0.15) is 22.6 Å². The lowest BCUT2D eigenvalue weighted by molar-refractivity contribution is 0.144. The highest BCUT2D eigenvalue weighted by atomic mass is 16.5. The molecule has 4 aromatic rings. The summed E-state index contributed by atoms with van der Waals surface area (Å²) in [5.74, 6) is 6.11. The molecular formula is C27H20N2O2. The molecule has 0 saturated carbocycles. The van der Waals surface area contributed by atoms with E-state index in [9.17, 15) is 4.79 Å². The van der Waals surface area contributed by atoms with Crippen LogP contribution in [0.2, 0.25) is 0 Å². The van der Waals surface area contributed by atoms with Crippen molar-refractivity contribution < 1.29 is 9.53 Å². The summed E-state index contributed by atoms with van der Waals surface area (Å²) in [4.78, 5) is 16.6. The molecule has 1 aliphatic rings. The van der Waals surface area contributed by atoms with E-state index >= 15 is 0 Å². The molecule has 150 valence electrons. The molecule has 4 heteroatoms. The van der Waals surface area contributed by atoms with E-state index in [1.54, 1.807) is 6.20 Å². The summed E-state index contributed by atoms with van der Waals surface area (Å²) in [6.45, 7) is 0.500. The molecule has 0 saturated heterocycles. The molecule has 5 rings (SSSR count). The lowest BCUT2D eigenvalue weighted by Crippen LogP contribution is -2.26.